The van der Waals surface area contributed by atoms with E-state index in [1.54, 1.807) is 18.3 Å². The number of nitrogens with zero attached hydrogens (tertiary/aromatic N) is 3. The normalized spacial score (nSPS) is 14.3. The summed E-state index contributed by atoms with van der Waals surface area (Å²) in [6, 6.07) is 17.4. The number of hydrogen-bond donors (Lipinski definition) is 1. The van der Waals surface area contributed by atoms with E-state index in [0.29, 0.717) is 22.5 Å². The maximum atomic E-state index is 13.0. The van der Waals surface area contributed by atoms with Crippen LogP contribution in [-0.2, 0) is 21.2 Å². The molecule has 0 saturated heterocycles. The van der Waals surface area contributed by atoms with Crippen molar-refractivity contribution in [3.63, 3.8) is 0 Å². The first-order valence-electron chi connectivity index (χ1n) is 13.2. The Morgan fingerprint density at radius 1 is 0.905 bits per heavy atom. The van der Waals surface area contributed by atoms with Crippen LogP contribution in [0.3, 0.4) is 0 Å². The first-order chi connectivity index (χ1) is 19.8. The van der Waals surface area contributed by atoms with Crippen LogP contribution in [0.2, 0.25) is 0 Å². The Hall–Kier alpha value is -4.67. The molecule has 218 valence electrons. The minimum atomic E-state index is -4.44. The minimum absolute atomic E-state index is 0.283. The maximum Gasteiger partial charge on any atom is 0.416 e. The Morgan fingerprint density at radius 2 is 1.55 bits per heavy atom. The molecule has 1 aliphatic rings. The van der Waals surface area contributed by atoms with Gasteiger partial charge >= 0.3 is 18.2 Å². The standard InChI is InChI=1S/C31H29F3N4O4/c1-29(2,3)42-28(40)35-30(13-14-30)23-9-5-19(6-10-23)21-15-22(27(39)41-4)17-25(16-21)38-18-26(36-37-38)20-7-11-24(12-8-20)31(32,33)34/h5-12,15-18H,13-14H2,1-4H3,(H,35,40). The molecule has 1 fully saturated rings. The minimum Gasteiger partial charge on any atom is -0.465 e. The summed E-state index contributed by atoms with van der Waals surface area (Å²) < 4.78 is 50.7. The summed E-state index contributed by atoms with van der Waals surface area (Å²) in [7, 11) is 1.29. The Kier molecular flexibility index (Phi) is 7.30. The predicted octanol–water partition coefficient (Wildman–Crippen LogP) is 6.92. The van der Waals surface area contributed by atoms with E-state index in [4.69, 9.17) is 9.47 Å². The topological polar surface area (TPSA) is 95.3 Å². The Morgan fingerprint density at radius 3 is 2.12 bits per heavy atom. The Bertz CT molecular complexity index is 1620. The lowest BCUT2D eigenvalue weighted by Crippen LogP contribution is -2.39. The molecule has 1 aromatic heterocycles. The van der Waals surface area contributed by atoms with Gasteiger partial charge in [0, 0.05) is 5.56 Å². The highest BCUT2D eigenvalue weighted by atomic mass is 19.4. The lowest BCUT2D eigenvalue weighted by atomic mass is 9.98. The number of hydrogen-bond acceptors (Lipinski definition) is 6. The lowest BCUT2D eigenvalue weighted by molar-refractivity contribution is -0.137. The van der Waals surface area contributed by atoms with E-state index in [0.717, 1.165) is 36.1 Å². The van der Waals surface area contributed by atoms with Crippen LogP contribution in [0.5, 0.6) is 0 Å². The van der Waals surface area contributed by atoms with Gasteiger partial charge in [-0.1, -0.05) is 41.6 Å². The number of benzene rings is 3. The van der Waals surface area contributed by atoms with Crippen LogP contribution in [0.15, 0.2) is 72.9 Å². The second-order valence-electron chi connectivity index (χ2n) is 11.2. The van der Waals surface area contributed by atoms with E-state index in [-0.39, 0.29) is 5.56 Å². The van der Waals surface area contributed by atoms with E-state index < -0.39 is 34.9 Å². The van der Waals surface area contributed by atoms with Crippen LogP contribution in [0.4, 0.5) is 18.0 Å². The number of aromatic nitrogens is 3. The van der Waals surface area contributed by atoms with Crippen LogP contribution in [0, 0.1) is 0 Å². The molecule has 0 radical (unpaired) electrons. The molecule has 0 bridgehead atoms. The van der Waals surface area contributed by atoms with Crippen LogP contribution in [-0.4, -0.2) is 39.8 Å². The molecule has 11 heteroatoms. The van der Waals surface area contributed by atoms with E-state index in [9.17, 15) is 22.8 Å². The van der Waals surface area contributed by atoms with Gasteiger partial charge in [-0.3, -0.25) is 0 Å². The quantitative estimate of drug-likeness (QED) is 0.250. The van der Waals surface area contributed by atoms with Crippen LogP contribution in [0.1, 0.15) is 55.1 Å². The number of amides is 1. The highest BCUT2D eigenvalue weighted by molar-refractivity contribution is 5.92. The number of carbonyl (C=O) groups excluding carboxylic acids is 2. The van der Waals surface area contributed by atoms with E-state index in [1.165, 1.54) is 23.9 Å². The van der Waals surface area contributed by atoms with Gasteiger partial charge in [0.1, 0.15) is 11.3 Å². The van der Waals surface area contributed by atoms with Gasteiger partial charge in [0.25, 0.3) is 0 Å². The molecule has 0 atom stereocenters. The number of esters is 1. The summed E-state index contributed by atoms with van der Waals surface area (Å²) >= 11 is 0. The first kappa shape index (κ1) is 28.8. The van der Waals surface area contributed by atoms with Crippen molar-refractivity contribution in [2.45, 2.75) is 50.9 Å². The molecule has 4 aromatic rings. The van der Waals surface area contributed by atoms with E-state index >= 15 is 0 Å². The van der Waals surface area contributed by atoms with Crippen molar-refractivity contribution in [1.29, 1.82) is 0 Å². The van der Waals surface area contributed by atoms with Gasteiger partial charge in [-0.15, -0.1) is 5.10 Å². The van der Waals surface area contributed by atoms with Gasteiger partial charge in [-0.2, -0.15) is 13.2 Å². The Balaban J connectivity index is 1.42. The third-order valence-corrected chi connectivity index (χ3v) is 6.87. The molecule has 1 N–H and O–H groups in total. The monoisotopic (exact) mass is 578 g/mol. The zero-order chi connectivity index (χ0) is 30.3. The number of halogens is 3. The molecule has 1 heterocycles. The molecule has 1 amide bonds. The fraction of sp³-hybridized carbons (Fsp3) is 0.290. The van der Waals surface area contributed by atoms with Crippen molar-refractivity contribution in [3.05, 3.63) is 89.6 Å². The second-order valence-corrected chi connectivity index (χ2v) is 11.2. The van der Waals surface area contributed by atoms with Gasteiger partial charge in [-0.05, 0) is 80.6 Å². The number of alkyl carbamates (subject to hydrolysis) is 1. The summed E-state index contributed by atoms with van der Waals surface area (Å²) in [6.45, 7) is 5.44. The average molecular weight is 579 g/mol. The molecule has 0 aliphatic heterocycles. The maximum absolute atomic E-state index is 13.0. The summed E-state index contributed by atoms with van der Waals surface area (Å²) in [4.78, 5) is 24.9. The van der Waals surface area contributed by atoms with Crippen LogP contribution >= 0.6 is 0 Å². The van der Waals surface area contributed by atoms with Crippen molar-refractivity contribution in [2.24, 2.45) is 0 Å². The van der Waals surface area contributed by atoms with Crippen molar-refractivity contribution in [2.75, 3.05) is 7.11 Å². The molecule has 3 aromatic carbocycles. The third kappa shape index (κ3) is 6.29. The zero-order valence-corrected chi connectivity index (χ0v) is 23.5. The van der Waals surface area contributed by atoms with Crippen LogP contribution in [0.25, 0.3) is 28.1 Å². The fourth-order valence-electron chi connectivity index (χ4n) is 4.59. The smallest absolute Gasteiger partial charge is 0.416 e. The molecule has 0 unspecified atom stereocenters. The fourth-order valence-corrected chi connectivity index (χ4v) is 4.59. The van der Waals surface area contributed by atoms with E-state index in [1.807, 2.05) is 51.1 Å². The van der Waals surface area contributed by atoms with E-state index in [2.05, 4.69) is 15.6 Å². The number of nitrogens with one attached hydrogen (secondary N) is 1. The predicted molar refractivity (Wildman–Crippen MR) is 149 cm³/mol. The van der Waals surface area contributed by atoms with Crippen LogP contribution < -0.4 is 5.32 Å². The molecule has 0 spiro atoms. The molecule has 5 rings (SSSR count). The second kappa shape index (κ2) is 10.6. The average Bonchev–Trinajstić information content (AvgIpc) is 3.54. The molecule has 8 nitrogen and oxygen atoms in total. The number of carbonyl (C=O) groups is 2. The largest absolute Gasteiger partial charge is 0.465 e. The molecule has 1 saturated carbocycles. The highest BCUT2D eigenvalue weighted by Gasteiger charge is 2.46. The summed E-state index contributed by atoms with van der Waals surface area (Å²) in [6.07, 6.45) is -1.75. The number of alkyl halides is 3. The molecule has 42 heavy (non-hydrogen) atoms. The molecule has 1 aliphatic carbocycles. The zero-order valence-electron chi connectivity index (χ0n) is 23.5. The van der Waals surface area contributed by atoms with Crippen molar-refractivity contribution >= 4 is 12.1 Å². The van der Waals surface area contributed by atoms with Gasteiger partial charge in [0.15, 0.2) is 0 Å². The summed E-state index contributed by atoms with van der Waals surface area (Å²) in [5.41, 5.74) is 2.24. The lowest BCUT2D eigenvalue weighted by Gasteiger charge is -2.24. The Labute approximate surface area is 240 Å². The first-order valence-corrected chi connectivity index (χ1v) is 13.2. The summed E-state index contributed by atoms with van der Waals surface area (Å²) in [5.74, 6) is -0.545. The SMILES string of the molecule is COC(=O)c1cc(-c2ccc(C3(NC(=O)OC(C)(C)C)CC3)cc2)cc(-n2cc(-c3ccc(C(F)(F)F)cc3)nn2)c1. The van der Waals surface area contributed by atoms with Crippen molar-refractivity contribution < 1.29 is 32.2 Å². The molecular formula is C31H29F3N4O4. The van der Waals surface area contributed by atoms with Gasteiger partial charge in [0.2, 0.25) is 0 Å². The summed E-state index contributed by atoms with van der Waals surface area (Å²) in [5, 5.41) is 11.2. The highest BCUT2D eigenvalue weighted by Crippen LogP contribution is 2.46. The van der Waals surface area contributed by atoms with Crippen molar-refractivity contribution in [3.8, 4) is 28.1 Å². The van der Waals surface area contributed by atoms with Gasteiger partial charge in [-0.25, -0.2) is 14.3 Å². The third-order valence-electron chi connectivity index (χ3n) is 6.87. The van der Waals surface area contributed by atoms with Gasteiger partial charge < -0.3 is 14.8 Å². The van der Waals surface area contributed by atoms with Gasteiger partial charge in [0.05, 0.1) is 35.7 Å². The van der Waals surface area contributed by atoms with Crippen molar-refractivity contribution in [1.82, 2.24) is 20.3 Å². The molecular weight excluding hydrogens is 549 g/mol. The number of methoxy groups -OCH3 is 1. The number of rotatable bonds is 6. The number of ether oxygens (including phenoxy) is 2.